The summed E-state index contributed by atoms with van der Waals surface area (Å²) < 4.78 is 0. The number of piperazine rings is 1. The smallest absolute Gasteiger partial charge is 0.259 e. The number of carbonyl (C=O) groups is 1. The molecular weight excluding hydrogens is 230 g/mol. The molecule has 2 heterocycles. The molecule has 1 atom stereocenters. The van der Waals surface area contributed by atoms with Gasteiger partial charge in [0.25, 0.3) is 5.91 Å². The molecule has 5 heteroatoms. The third-order valence-corrected chi connectivity index (χ3v) is 3.51. The van der Waals surface area contributed by atoms with Crippen molar-refractivity contribution in [1.29, 1.82) is 0 Å². The number of aromatic nitrogens is 1. The Morgan fingerprint density at radius 3 is 2.89 bits per heavy atom. The zero-order valence-corrected chi connectivity index (χ0v) is 10.8. The first-order chi connectivity index (χ1) is 8.63. The van der Waals surface area contributed by atoms with Gasteiger partial charge in [0.1, 0.15) is 5.56 Å². The Morgan fingerprint density at radius 2 is 2.28 bits per heavy atom. The highest BCUT2D eigenvalue weighted by atomic mass is 16.2. The lowest BCUT2D eigenvalue weighted by Gasteiger charge is -2.39. The molecule has 1 amide bonds. The minimum atomic E-state index is -0.218. The van der Waals surface area contributed by atoms with Crippen LogP contribution in [0.1, 0.15) is 24.2 Å². The summed E-state index contributed by atoms with van der Waals surface area (Å²) >= 11 is 0. The van der Waals surface area contributed by atoms with Crippen LogP contribution in [0.25, 0.3) is 0 Å². The van der Waals surface area contributed by atoms with E-state index in [-0.39, 0.29) is 16.9 Å². The van der Waals surface area contributed by atoms with E-state index in [1.54, 1.807) is 4.90 Å². The molecule has 1 aliphatic heterocycles. The van der Waals surface area contributed by atoms with Gasteiger partial charge in [-0.15, -0.1) is 0 Å². The molecule has 98 valence electrons. The second-order valence-corrected chi connectivity index (χ2v) is 4.65. The second kappa shape index (κ2) is 5.35. The van der Waals surface area contributed by atoms with Gasteiger partial charge in [-0.1, -0.05) is 6.92 Å². The lowest BCUT2D eigenvalue weighted by atomic mass is 10.1. The predicted molar refractivity (Wildman–Crippen MR) is 69.7 cm³/mol. The summed E-state index contributed by atoms with van der Waals surface area (Å²) in [7, 11) is 0. The van der Waals surface area contributed by atoms with E-state index in [4.69, 9.17) is 0 Å². The van der Waals surface area contributed by atoms with Gasteiger partial charge < -0.3 is 9.88 Å². The van der Waals surface area contributed by atoms with Crippen LogP contribution in [0.15, 0.2) is 23.3 Å². The fourth-order valence-corrected chi connectivity index (χ4v) is 2.40. The largest absolute Gasteiger partial charge is 0.367 e. The standard InChI is InChI=1S/C13H19N3O2/c1-3-15-6-7-16(9-10(15)2)13(18)11-8-14-5-4-12(11)17/h4-5,8,10H,3,6-7,9H2,1-2H3,(H,14,17). The topological polar surface area (TPSA) is 56.4 Å². The van der Waals surface area contributed by atoms with Crippen LogP contribution in [-0.4, -0.2) is 52.9 Å². The Morgan fingerprint density at radius 1 is 1.50 bits per heavy atom. The molecule has 1 aliphatic rings. The molecule has 0 bridgehead atoms. The van der Waals surface area contributed by atoms with E-state index >= 15 is 0 Å². The number of rotatable bonds is 2. The molecule has 1 unspecified atom stereocenters. The molecule has 2 rings (SSSR count). The van der Waals surface area contributed by atoms with Crippen molar-refractivity contribution in [2.24, 2.45) is 0 Å². The first-order valence-corrected chi connectivity index (χ1v) is 6.34. The summed E-state index contributed by atoms with van der Waals surface area (Å²) in [5.41, 5.74) is 0.0129. The average Bonchev–Trinajstić information content (AvgIpc) is 2.38. The van der Waals surface area contributed by atoms with Gasteiger partial charge in [-0.2, -0.15) is 0 Å². The van der Waals surface area contributed by atoms with E-state index in [1.165, 1.54) is 18.5 Å². The number of likely N-dealkylation sites (N-methyl/N-ethyl adjacent to an activating group) is 1. The van der Waals surface area contributed by atoms with Gasteiger partial charge in [0.2, 0.25) is 0 Å². The lowest BCUT2D eigenvalue weighted by Crippen LogP contribution is -2.53. The van der Waals surface area contributed by atoms with Crippen LogP contribution in [0.2, 0.25) is 0 Å². The first-order valence-electron chi connectivity index (χ1n) is 6.34. The van der Waals surface area contributed by atoms with Crippen LogP contribution in [0.5, 0.6) is 0 Å². The van der Waals surface area contributed by atoms with E-state index in [9.17, 15) is 9.59 Å². The van der Waals surface area contributed by atoms with Crippen LogP contribution in [-0.2, 0) is 0 Å². The minimum Gasteiger partial charge on any atom is -0.367 e. The number of carbonyl (C=O) groups excluding carboxylic acids is 1. The van der Waals surface area contributed by atoms with Crippen LogP contribution < -0.4 is 5.43 Å². The summed E-state index contributed by atoms with van der Waals surface area (Å²) in [4.78, 5) is 30.8. The highest BCUT2D eigenvalue weighted by Crippen LogP contribution is 2.11. The number of H-pyrrole nitrogens is 1. The summed E-state index contributed by atoms with van der Waals surface area (Å²) in [5.74, 6) is -0.167. The first kappa shape index (κ1) is 12.8. The maximum Gasteiger partial charge on any atom is 0.259 e. The van der Waals surface area contributed by atoms with Crippen molar-refractivity contribution in [2.45, 2.75) is 19.9 Å². The fourth-order valence-electron chi connectivity index (χ4n) is 2.40. The van der Waals surface area contributed by atoms with Crippen molar-refractivity contribution in [2.75, 3.05) is 26.2 Å². The number of amides is 1. The van der Waals surface area contributed by atoms with Crippen molar-refractivity contribution < 1.29 is 4.79 Å². The van der Waals surface area contributed by atoms with Crippen molar-refractivity contribution in [3.63, 3.8) is 0 Å². The molecule has 18 heavy (non-hydrogen) atoms. The summed E-state index contributed by atoms with van der Waals surface area (Å²) in [6, 6.07) is 1.73. The number of aromatic amines is 1. The fraction of sp³-hybridized carbons (Fsp3) is 0.538. The lowest BCUT2D eigenvalue weighted by molar-refractivity contribution is 0.0527. The maximum absolute atomic E-state index is 12.2. The SMILES string of the molecule is CCN1CCN(C(=O)c2c[nH]ccc2=O)CC1C. The molecule has 0 spiro atoms. The molecule has 1 fully saturated rings. The third-order valence-electron chi connectivity index (χ3n) is 3.51. The van der Waals surface area contributed by atoms with Crippen molar-refractivity contribution in [3.8, 4) is 0 Å². The molecular formula is C13H19N3O2. The van der Waals surface area contributed by atoms with Crippen LogP contribution in [0, 0.1) is 0 Å². The van der Waals surface area contributed by atoms with Gasteiger partial charge >= 0.3 is 0 Å². The van der Waals surface area contributed by atoms with E-state index < -0.39 is 0 Å². The number of hydrogen-bond donors (Lipinski definition) is 1. The Bertz CT molecular complexity index is 483. The molecule has 0 aliphatic carbocycles. The van der Waals surface area contributed by atoms with Gasteiger partial charge in [0.15, 0.2) is 5.43 Å². The number of hydrogen-bond acceptors (Lipinski definition) is 3. The Hall–Kier alpha value is -1.62. The molecule has 0 aromatic carbocycles. The quantitative estimate of drug-likeness (QED) is 0.832. The van der Waals surface area contributed by atoms with E-state index in [0.717, 1.165) is 13.1 Å². The van der Waals surface area contributed by atoms with Gasteiger partial charge in [0.05, 0.1) is 0 Å². The van der Waals surface area contributed by atoms with Crippen LogP contribution in [0.3, 0.4) is 0 Å². The zero-order chi connectivity index (χ0) is 13.1. The highest BCUT2D eigenvalue weighted by molar-refractivity contribution is 5.93. The molecule has 1 aromatic heterocycles. The van der Waals surface area contributed by atoms with E-state index in [2.05, 4.69) is 23.7 Å². The third kappa shape index (κ3) is 2.46. The molecule has 1 saturated heterocycles. The highest BCUT2D eigenvalue weighted by Gasteiger charge is 2.27. The zero-order valence-electron chi connectivity index (χ0n) is 10.8. The summed E-state index contributed by atoms with van der Waals surface area (Å²) in [5, 5.41) is 0. The van der Waals surface area contributed by atoms with Gasteiger partial charge in [0, 0.05) is 44.1 Å². The van der Waals surface area contributed by atoms with Crippen LogP contribution >= 0.6 is 0 Å². The van der Waals surface area contributed by atoms with Crippen molar-refractivity contribution in [1.82, 2.24) is 14.8 Å². The van der Waals surface area contributed by atoms with Gasteiger partial charge in [-0.3, -0.25) is 14.5 Å². The minimum absolute atomic E-state index is 0.167. The Labute approximate surface area is 106 Å². The summed E-state index contributed by atoms with van der Waals surface area (Å²) in [6.07, 6.45) is 3.03. The predicted octanol–water partition coefficient (Wildman–Crippen LogP) is 0.541. The second-order valence-electron chi connectivity index (χ2n) is 4.65. The Balaban J connectivity index is 2.12. The average molecular weight is 249 g/mol. The van der Waals surface area contributed by atoms with Crippen LogP contribution in [0.4, 0.5) is 0 Å². The molecule has 1 N–H and O–H groups in total. The van der Waals surface area contributed by atoms with Crippen molar-refractivity contribution >= 4 is 5.91 Å². The molecule has 0 radical (unpaired) electrons. The molecule has 0 saturated carbocycles. The monoisotopic (exact) mass is 249 g/mol. The van der Waals surface area contributed by atoms with Gasteiger partial charge in [-0.05, 0) is 13.5 Å². The number of nitrogens with zero attached hydrogens (tertiary/aromatic N) is 2. The Kier molecular flexibility index (Phi) is 3.81. The van der Waals surface area contributed by atoms with Gasteiger partial charge in [-0.25, -0.2) is 0 Å². The molecule has 5 nitrogen and oxygen atoms in total. The summed E-state index contributed by atoms with van der Waals surface area (Å²) in [6.45, 7) is 7.46. The number of pyridine rings is 1. The number of nitrogens with one attached hydrogen (secondary N) is 1. The van der Waals surface area contributed by atoms with E-state index in [1.807, 2.05) is 0 Å². The normalized spacial score (nSPS) is 21.0. The van der Waals surface area contributed by atoms with E-state index in [0.29, 0.717) is 19.1 Å². The molecule has 1 aromatic rings. The van der Waals surface area contributed by atoms with Crippen molar-refractivity contribution in [3.05, 3.63) is 34.2 Å². The maximum atomic E-state index is 12.2.